The van der Waals surface area contributed by atoms with E-state index in [-0.39, 0.29) is 16.8 Å². The van der Waals surface area contributed by atoms with Gasteiger partial charge in [-0.05, 0) is 42.3 Å². The van der Waals surface area contributed by atoms with Crippen molar-refractivity contribution in [2.75, 3.05) is 26.3 Å². The molecule has 2 aromatic carbocycles. The average Bonchev–Trinajstić information content (AvgIpc) is 2.72. The summed E-state index contributed by atoms with van der Waals surface area (Å²) in [5.41, 5.74) is 1.20. The van der Waals surface area contributed by atoms with Crippen molar-refractivity contribution in [1.82, 2.24) is 9.62 Å². The highest BCUT2D eigenvalue weighted by Crippen LogP contribution is 2.22. The minimum absolute atomic E-state index is 0.109. The zero-order valence-electron chi connectivity index (χ0n) is 15.6. The van der Waals surface area contributed by atoms with Crippen LogP contribution >= 0.6 is 11.6 Å². The molecule has 1 atom stereocenters. The molecule has 0 saturated carbocycles. The Morgan fingerprint density at radius 1 is 1.18 bits per heavy atom. The van der Waals surface area contributed by atoms with Gasteiger partial charge in [0.2, 0.25) is 10.0 Å². The molecule has 1 aliphatic rings. The van der Waals surface area contributed by atoms with Crippen LogP contribution < -0.4 is 5.32 Å². The first-order valence-corrected chi connectivity index (χ1v) is 11.0. The molecule has 1 heterocycles. The largest absolute Gasteiger partial charge is 0.379 e. The van der Waals surface area contributed by atoms with E-state index in [2.05, 4.69) is 5.32 Å². The molecule has 1 amide bonds. The number of nitrogens with one attached hydrogen (secondary N) is 1. The Hall–Kier alpha value is -1.93. The predicted octanol–water partition coefficient (Wildman–Crippen LogP) is 3.24. The molecule has 6 nitrogen and oxygen atoms in total. The van der Waals surface area contributed by atoms with Crippen LogP contribution in [0.1, 0.15) is 35.3 Å². The fourth-order valence-corrected chi connectivity index (χ4v) is 4.77. The van der Waals surface area contributed by atoms with Gasteiger partial charge >= 0.3 is 0 Å². The maximum Gasteiger partial charge on any atom is 0.251 e. The van der Waals surface area contributed by atoms with Crippen molar-refractivity contribution in [3.05, 3.63) is 64.7 Å². The third-order valence-electron chi connectivity index (χ3n) is 4.67. The van der Waals surface area contributed by atoms with Gasteiger partial charge in [0.25, 0.3) is 5.91 Å². The molecule has 1 unspecified atom stereocenters. The number of carbonyl (C=O) groups is 1. The molecule has 1 saturated heterocycles. The Kier molecular flexibility index (Phi) is 6.72. The van der Waals surface area contributed by atoms with Gasteiger partial charge in [0.15, 0.2) is 0 Å². The van der Waals surface area contributed by atoms with E-state index < -0.39 is 10.0 Å². The van der Waals surface area contributed by atoms with Crippen LogP contribution in [0.5, 0.6) is 0 Å². The van der Waals surface area contributed by atoms with Crippen molar-refractivity contribution in [3.63, 3.8) is 0 Å². The highest BCUT2D eigenvalue weighted by molar-refractivity contribution is 7.89. The fraction of sp³-hybridized carbons (Fsp3) is 0.350. The zero-order chi connectivity index (χ0) is 20.1. The van der Waals surface area contributed by atoms with Crippen molar-refractivity contribution >= 4 is 27.5 Å². The van der Waals surface area contributed by atoms with Crippen LogP contribution in [-0.4, -0.2) is 44.9 Å². The number of hydrogen-bond acceptors (Lipinski definition) is 4. The van der Waals surface area contributed by atoms with Gasteiger partial charge in [0, 0.05) is 23.7 Å². The molecule has 1 N–H and O–H groups in total. The molecule has 0 aliphatic carbocycles. The Balaban J connectivity index is 1.80. The molecule has 150 valence electrons. The SMILES string of the molecule is CCC(NC(=O)c1cccc(S(=O)(=O)N2CCOCC2)c1)c1cccc(Cl)c1. The monoisotopic (exact) mass is 422 g/mol. The molecule has 1 fully saturated rings. The lowest BCUT2D eigenvalue weighted by Crippen LogP contribution is -2.40. The molecule has 0 aromatic heterocycles. The lowest BCUT2D eigenvalue weighted by Gasteiger charge is -2.26. The van der Waals surface area contributed by atoms with E-state index in [0.717, 1.165) is 5.56 Å². The standard InChI is InChI=1S/C20H23ClN2O4S/c1-2-19(15-5-3-7-17(21)13-15)22-20(24)16-6-4-8-18(14-16)28(25,26)23-9-11-27-12-10-23/h3-8,13-14,19H,2,9-12H2,1H3,(H,22,24). The van der Waals surface area contributed by atoms with E-state index in [4.69, 9.17) is 16.3 Å². The molecule has 3 rings (SSSR count). The third-order valence-corrected chi connectivity index (χ3v) is 6.80. The fourth-order valence-electron chi connectivity index (χ4n) is 3.12. The van der Waals surface area contributed by atoms with Crippen LogP contribution in [0.3, 0.4) is 0 Å². The molecule has 8 heteroatoms. The van der Waals surface area contributed by atoms with Crippen molar-refractivity contribution in [2.24, 2.45) is 0 Å². The smallest absolute Gasteiger partial charge is 0.251 e. The van der Waals surface area contributed by atoms with Gasteiger partial charge in [-0.15, -0.1) is 0 Å². The summed E-state index contributed by atoms with van der Waals surface area (Å²) >= 11 is 6.05. The van der Waals surface area contributed by atoms with E-state index in [1.165, 1.54) is 16.4 Å². The number of benzene rings is 2. The van der Waals surface area contributed by atoms with Crippen molar-refractivity contribution in [2.45, 2.75) is 24.3 Å². The topological polar surface area (TPSA) is 75.7 Å². The quantitative estimate of drug-likeness (QED) is 0.775. The summed E-state index contributed by atoms with van der Waals surface area (Å²) in [6.45, 7) is 3.33. The third kappa shape index (κ3) is 4.72. The molecule has 0 radical (unpaired) electrons. The van der Waals surface area contributed by atoms with Crippen LogP contribution in [0.15, 0.2) is 53.4 Å². The summed E-state index contributed by atoms with van der Waals surface area (Å²) in [4.78, 5) is 12.9. The minimum atomic E-state index is -3.65. The number of rotatable bonds is 6. The number of ether oxygens (including phenoxy) is 1. The van der Waals surface area contributed by atoms with Gasteiger partial charge in [0.1, 0.15) is 0 Å². The molecule has 0 spiro atoms. The van der Waals surface area contributed by atoms with Gasteiger partial charge in [0.05, 0.1) is 24.2 Å². The highest BCUT2D eigenvalue weighted by atomic mass is 35.5. The average molecular weight is 423 g/mol. The second kappa shape index (κ2) is 9.05. The summed E-state index contributed by atoms with van der Waals surface area (Å²) in [5, 5.41) is 3.56. The predicted molar refractivity (Wildman–Crippen MR) is 108 cm³/mol. The van der Waals surface area contributed by atoms with Crippen molar-refractivity contribution < 1.29 is 17.9 Å². The van der Waals surface area contributed by atoms with Gasteiger partial charge in [-0.2, -0.15) is 4.31 Å². The van der Waals surface area contributed by atoms with Gasteiger partial charge < -0.3 is 10.1 Å². The summed E-state index contributed by atoms with van der Waals surface area (Å²) in [7, 11) is -3.65. The van der Waals surface area contributed by atoms with Gasteiger partial charge in [-0.3, -0.25) is 4.79 Å². The second-order valence-electron chi connectivity index (χ2n) is 6.53. The molecule has 0 bridgehead atoms. The highest BCUT2D eigenvalue weighted by Gasteiger charge is 2.27. The van der Waals surface area contributed by atoms with Gasteiger partial charge in [-0.1, -0.05) is 36.7 Å². The van der Waals surface area contributed by atoms with Crippen LogP contribution in [0, 0.1) is 0 Å². The second-order valence-corrected chi connectivity index (χ2v) is 8.91. The normalized spacial score (nSPS) is 16.5. The molecule has 1 aliphatic heterocycles. The summed E-state index contributed by atoms with van der Waals surface area (Å²) in [5.74, 6) is -0.328. The van der Waals surface area contributed by atoms with Crippen LogP contribution in [0.25, 0.3) is 0 Å². The van der Waals surface area contributed by atoms with Gasteiger partial charge in [-0.25, -0.2) is 8.42 Å². The number of amides is 1. The molecule has 2 aromatic rings. The molecular weight excluding hydrogens is 400 g/mol. The van der Waals surface area contributed by atoms with E-state index >= 15 is 0 Å². The summed E-state index contributed by atoms with van der Waals surface area (Å²) < 4.78 is 32.2. The zero-order valence-corrected chi connectivity index (χ0v) is 17.2. The van der Waals surface area contributed by atoms with Crippen LogP contribution in [-0.2, 0) is 14.8 Å². The molecular formula is C20H23ClN2O4S. The van der Waals surface area contributed by atoms with E-state index in [0.29, 0.717) is 43.3 Å². The lowest BCUT2D eigenvalue weighted by atomic mass is 10.0. The van der Waals surface area contributed by atoms with E-state index in [1.54, 1.807) is 18.2 Å². The Bertz CT molecular complexity index is 943. The van der Waals surface area contributed by atoms with Crippen LogP contribution in [0.2, 0.25) is 5.02 Å². The summed E-state index contributed by atoms with van der Waals surface area (Å²) in [6.07, 6.45) is 0.678. The maximum absolute atomic E-state index is 12.8. The number of carbonyl (C=O) groups excluding carboxylic acids is 1. The van der Waals surface area contributed by atoms with E-state index in [9.17, 15) is 13.2 Å². The Morgan fingerprint density at radius 3 is 2.57 bits per heavy atom. The molecule has 28 heavy (non-hydrogen) atoms. The number of sulfonamides is 1. The van der Waals surface area contributed by atoms with Crippen molar-refractivity contribution in [1.29, 1.82) is 0 Å². The van der Waals surface area contributed by atoms with Crippen LogP contribution in [0.4, 0.5) is 0 Å². The Labute approximate surface area is 170 Å². The summed E-state index contributed by atoms with van der Waals surface area (Å²) in [6, 6.07) is 13.2. The first-order valence-electron chi connectivity index (χ1n) is 9.16. The minimum Gasteiger partial charge on any atom is -0.379 e. The number of morpholine rings is 1. The number of hydrogen-bond donors (Lipinski definition) is 1. The Morgan fingerprint density at radius 2 is 1.89 bits per heavy atom. The van der Waals surface area contributed by atoms with Crippen molar-refractivity contribution in [3.8, 4) is 0 Å². The maximum atomic E-state index is 12.8. The first kappa shape index (κ1) is 20.8. The number of nitrogens with zero attached hydrogens (tertiary/aromatic N) is 1. The number of halogens is 1. The van der Waals surface area contributed by atoms with E-state index in [1.807, 2.05) is 25.1 Å². The lowest BCUT2D eigenvalue weighted by molar-refractivity contribution is 0.0730. The first-order chi connectivity index (χ1) is 13.4.